The molecule has 0 aliphatic carbocycles. The first kappa shape index (κ1) is 25.6. The number of anilines is 1. The van der Waals surface area contributed by atoms with Crippen molar-refractivity contribution in [3.63, 3.8) is 0 Å². The Kier molecular flexibility index (Phi) is 7.71. The number of aromatic nitrogens is 2. The molecule has 2 atom stereocenters. The molecule has 1 fully saturated rings. The first-order valence-corrected chi connectivity index (χ1v) is 13.4. The van der Waals surface area contributed by atoms with Crippen molar-refractivity contribution >= 4 is 40.7 Å². The highest BCUT2D eigenvalue weighted by Crippen LogP contribution is 2.32. The molecule has 1 aromatic carbocycles. The number of halogens is 1. The van der Waals surface area contributed by atoms with Crippen LogP contribution < -0.4 is 10.6 Å². The van der Waals surface area contributed by atoms with Gasteiger partial charge >= 0.3 is 0 Å². The van der Waals surface area contributed by atoms with Gasteiger partial charge in [0.15, 0.2) is 0 Å². The van der Waals surface area contributed by atoms with Crippen LogP contribution >= 0.6 is 22.9 Å². The second-order valence-corrected chi connectivity index (χ2v) is 10.6. The summed E-state index contributed by atoms with van der Waals surface area (Å²) in [7, 11) is 0. The third kappa shape index (κ3) is 5.77. The molecule has 5 rings (SSSR count). The van der Waals surface area contributed by atoms with Crippen LogP contribution in [-0.2, 0) is 16.1 Å². The van der Waals surface area contributed by atoms with E-state index in [0.717, 1.165) is 23.3 Å². The Hall–Kier alpha value is -3.05. The minimum atomic E-state index is -0.764. The van der Waals surface area contributed by atoms with E-state index in [1.165, 1.54) is 16.2 Å². The molecule has 37 heavy (non-hydrogen) atoms. The first-order valence-electron chi connectivity index (χ1n) is 12.2. The largest absolute Gasteiger partial charge is 0.391 e. The van der Waals surface area contributed by atoms with Gasteiger partial charge in [-0.15, -0.1) is 11.3 Å². The first-order chi connectivity index (χ1) is 17.9. The van der Waals surface area contributed by atoms with Gasteiger partial charge in [-0.2, -0.15) is 0 Å². The van der Waals surface area contributed by atoms with Crippen molar-refractivity contribution < 1.29 is 19.4 Å². The molecular formula is C26H28ClN5O4S. The lowest BCUT2D eigenvalue weighted by Crippen LogP contribution is -2.41. The summed E-state index contributed by atoms with van der Waals surface area (Å²) in [4.78, 5) is 37.3. The fourth-order valence-corrected chi connectivity index (χ4v) is 5.66. The molecule has 0 radical (unpaired) electrons. The maximum absolute atomic E-state index is 13.2. The van der Waals surface area contributed by atoms with Crippen molar-refractivity contribution in [1.82, 2.24) is 20.2 Å². The number of hydrogen-bond acceptors (Lipinski definition) is 8. The van der Waals surface area contributed by atoms with Gasteiger partial charge in [0.1, 0.15) is 6.54 Å². The zero-order valence-electron chi connectivity index (χ0n) is 20.3. The maximum atomic E-state index is 13.2. The number of nitrogens with one attached hydrogen (secondary N) is 2. The predicted molar refractivity (Wildman–Crippen MR) is 142 cm³/mol. The molecule has 0 spiro atoms. The van der Waals surface area contributed by atoms with E-state index in [2.05, 4.69) is 20.6 Å². The van der Waals surface area contributed by atoms with Crippen molar-refractivity contribution in [3.05, 3.63) is 62.9 Å². The van der Waals surface area contributed by atoms with E-state index in [-0.39, 0.29) is 24.4 Å². The van der Waals surface area contributed by atoms with Gasteiger partial charge in [-0.25, -0.2) is 9.97 Å². The number of hydrogen-bond donors (Lipinski definition) is 3. The monoisotopic (exact) mass is 541 g/mol. The van der Waals surface area contributed by atoms with Crippen LogP contribution in [-0.4, -0.2) is 63.7 Å². The lowest BCUT2D eigenvalue weighted by atomic mass is 10.0. The molecule has 4 heterocycles. The number of amides is 2. The van der Waals surface area contributed by atoms with E-state index in [0.29, 0.717) is 47.6 Å². The zero-order valence-corrected chi connectivity index (χ0v) is 21.9. The summed E-state index contributed by atoms with van der Waals surface area (Å²) in [5.41, 5.74) is 2.59. The minimum Gasteiger partial charge on any atom is -0.391 e. The Morgan fingerprint density at radius 1 is 1.32 bits per heavy atom. The number of fused-ring (bicyclic) bond motifs is 1. The number of rotatable bonds is 8. The van der Waals surface area contributed by atoms with Gasteiger partial charge in [-0.3, -0.25) is 9.59 Å². The molecule has 2 aliphatic rings. The molecule has 2 aromatic heterocycles. The van der Waals surface area contributed by atoms with E-state index in [1.807, 2.05) is 29.6 Å². The predicted octanol–water partition coefficient (Wildman–Crippen LogP) is 3.64. The fourth-order valence-electron chi connectivity index (χ4n) is 4.59. The topological polar surface area (TPSA) is 117 Å². The van der Waals surface area contributed by atoms with Gasteiger partial charge in [-0.05, 0) is 42.8 Å². The van der Waals surface area contributed by atoms with Gasteiger partial charge in [0.25, 0.3) is 5.91 Å². The minimum absolute atomic E-state index is 0.106. The van der Waals surface area contributed by atoms with Gasteiger partial charge in [0.05, 0.1) is 29.1 Å². The molecule has 0 saturated carbocycles. The van der Waals surface area contributed by atoms with Gasteiger partial charge < -0.3 is 25.4 Å². The third-order valence-electron chi connectivity index (χ3n) is 6.54. The Morgan fingerprint density at radius 3 is 2.86 bits per heavy atom. The average molecular weight is 542 g/mol. The Bertz CT molecular complexity index is 1280. The standard InChI is InChI=1S/C26H28ClN5O4S/c1-15(33)23(21-3-2-10-37-21)30-22(34)14-32-13-17-5-4-16(11-19(17)25(32)35)24-20(27)12-28-26(31-24)29-18-6-8-36-9-7-18/h2-5,10-12,15,18,23,33H,6-9,13-14H2,1H3,(H,30,34)(H,28,29,31). The molecule has 1 saturated heterocycles. The van der Waals surface area contributed by atoms with Crippen molar-refractivity contribution in [3.8, 4) is 11.3 Å². The SMILES string of the molecule is CC(O)C(NC(=O)CN1Cc2ccc(-c3nc(NC4CCOCC4)ncc3Cl)cc2C1=O)c1cccs1. The summed E-state index contributed by atoms with van der Waals surface area (Å²) in [6.45, 7) is 3.26. The van der Waals surface area contributed by atoms with Crippen LogP contribution in [0.5, 0.6) is 0 Å². The summed E-state index contributed by atoms with van der Waals surface area (Å²) in [5, 5.41) is 18.6. The number of thiophene rings is 1. The van der Waals surface area contributed by atoms with Crippen LogP contribution in [0.3, 0.4) is 0 Å². The van der Waals surface area contributed by atoms with E-state index in [9.17, 15) is 14.7 Å². The van der Waals surface area contributed by atoms with Gasteiger partial charge in [-0.1, -0.05) is 29.8 Å². The highest BCUT2D eigenvalue weighted by molar-refractivity contribution is 7.10. The second-order valence-electron chi connectivity index (χ2n) is 9.26. The highest BCUT2D eigenvalue weighted by atomic mass is 35.5. The fraction of sp³-hybridized carbons (Fsp3) is 0.385. The van der Waals surface area contributed by atoms with Crippen molar-refractivity contribution in [2.45, 2.75) is 44.5 Å². The Morgan fingerprint density at radius 2 is 2.14 bits per heavy atom. The number of nitrogens with zero attached hydrogens (tertiary/aromatic N) is 3. The number of aliphatic hydroxyl groups excluding tert-OH is 1. The molecular weight excluding hydrogens is 514 g/mol. The zero-order chi connectivity index (χ0) is 25.9. The Balaban J connectivity index is 1.29. The molecule has 3 aromatic rings. The maximum Gasteiger partial charge on any atom is 0.254 e. The number of carbonyl (C=O) groups excluding carboxylic acids is 2. The molecule has 11 heteroatoms. The van der Waals surface area contributed by atoms with Crippen LogP contribution in [0.2, 0.25) is 5.02 Å². The third-order valence-corrected chi connectivity index (χ3v) is 7.78. The molecule has 194 valence electrons. The number of aliphatic hydroxyl groups is 1. The second kappa shape index (κ2) is 11.1. The molecule has 9 nitrogen and oxygen atoms in total. The van der Waals surface area contributed by atoms with Crippen LogP contribution in [0.25, 0.3) is 11.3 Å². The number of ether oxygens (including phenoxy) is 1. The van der Waals surface area contributed by atoms with E-state index in [1.54, 1.807) is 19.2 Å². The molecule has 2 aliphatic heterocycles. The quantitative estimate of drug-likeness (QED) is 0.398. The molecule has 3 N–H and O–H groups in total. The Labute approximate surface area is 223 Å². The molecule has 0 bridgehead atoms. The van der Waals surface area contributed by atoms with E-state index < -0.39 is 12.1 Å². The lowest BCUT2D eigenvalue weighted by Gasteiger charge is -2.23. The molecule has 2 unspecified atom stereocenters. The van der Waals surface area contributed by atoms with Crippen molar-refractivity contribution in [2.75, 3.05) is 25.1 Å². The highest BCUT2D eigenvalue weighted by Gasteiger charge is 2.31. The average Bonchev–Trinajstić information content (AvgIpc) is 3.53. The van der Waals surface area contributed by atoms with E-state index in [4.69, 9.17) is 16.3 Å². The van der Waals surface area contributed by atoms with Gasteiger partial charge in [0, 0.05) is 41.8 Å². The van der Waals surface area contributed by atoms with Gasteiger partial charge in [0.2, 0.25) is 11.9 Å². The lowest BCUT2D eigenvalue weighted by molar-refractivity contribution is -0.123. The van der Waals surface area contributed by atoms with Crippen LogP contribution in [0.1, 0.15) is 46.6 Å². The van der Waals surface area contributed by atoms with Crippen LogP contribution in [0.4, 0.5) is 5.95 Å². The summed E-state index contributed by atoms with van der Waals surface area (Å²) in [6, 6.07) is 8.96. The number of benzene rings is 1. The summed E-state index contributed by atoms with van der Waals surface area (Å²) in [5.74, 6) is -0.0827. The van der Waals surface area contributed by atoms with Crippen molar-refractivity contribution in [2.24, 2.45) is 0 Å². The van der Waals surface area contributed by atoms with Crippen molar-refractivity contribution in [1.29, 1.82) is 0 Å². The van der Waals surface area contributed by atoms with Crippen LogP contribution in [0, 0.1) is 0 Å². The van der Waals surface area contributed by atoms with Crippen LogP contribution in [0.15, 0.2) is 41.9 Å². The normalized spacial score (nSPS) is 17.4. The summed E-state index contributed by atoms with van der Waals surface area (Å²) >= 11 is 7.89. The van der Waals surface area contributed by atoms with E-state index >= 15 is 0 Å². The smallest absolute Gasteiger partial charge is 0.254 e. The molecule has 2 amide bonds. The number of carbonyl (C=O) groups is 2. The summed E-state index contributed by atoms with van der Waals surface area (Å²) in [6.07, 6.45) is 2.55. The summed E-state index contributed by atoms with van der Waals surface area (Å²) < 4.78 is 5.41.